The lowest BCUT2D eigenvalue weighted by Gasteiger charge is -2.27. The number of hydrogen-bond donors (Lipinski definition) is 6. The molecule has 0 saturated carbocycles. The molecule has 0 aliphatic rings. The second-order valence-corrected chi connectivity index (χ2v) is 12.1. The highest BCUT2D eigenvalue weighted by Gasteiger charge is 2.32. The molecule has 4 rings (SSSR count). The Labute approximate surface area is 283 Å². The van der Waals surface area contributed by atoms with Gasteiger partial charge in [-0.05, 0) is 42.7 Å². The van der Waals surface area contributed by atoms with Crippen molar-refractivity contribution in [3.05, 3.63) is 106 Å². The molecule has 0 aliphatic carbocycles. The van der Waals surface area contributed by atoms with Crippen LogP contribution >= 0.6 is 23.2 Å². The number of halogens is 2. The predicted octanol–water partition coefficient (Wildman–Crippen LogP) is 4.67. The van der Waals surface area contributed by atoms with E-state index in [1.54, 1.807) is 18.3 Å². The molecule has 0 bridgehead atoms. The normalized spacial score (nSPS) is 13.6. The van der Waals surface area contributed by atoms with Gasteiger partial charge < -0.3 is 31.4 Å². The van der Waals surface area contributed by atoms with E-state index in [0.717, 1.165) is 28.5 Å². The van der Waals surface area contributed by atoms with E-state index in [4.69, 9.17) is 23.2 Å². The van der Waals surface area contributed by atoms with Gasteiger partial charge in [-0.15, -0.1) is 0 Å². The van der Waals surface area contributed by atoms with Gasteiger partial charge in [0.2, 0.25) is 11.8 Å². The van der Waals surface area contributed by atoms with E-state index in [0.29, 0.717) is 12.8 Å². The largest absolute Gasteiger partial charge is 0.381 e. The third-order valence-electron chi connectivity index (χ3n) is 7.82. The summed E-state index contributed by atoms with van der Waals surface area (Å²) in [5.41, 5.74) is 2.60. The number of nitrogens with one attached hydrogen (secondary N) is 5. The van der Waals surface area contributed by atoms with E-state index in [9.17, 15) is 24.3 Å². The highest BCUT2D eigenvalue weighted by Crippen LogP contribution is 2.25. The summed E-state index contributed by atoms with van der Waals surface area (Å²) < 4.78 is 0. The van der Waals surface area contributed by atoms with Crippen LogP contribution in [-0.2, 0) is 27.3 Å². The lowest BCUT2D eigenvalue weighted by atomic mass is 10.0. The first kappa shape index (κ1) is 35.5. The number of benzene rings is 3. The van der Waals surface area contributed by atoms with Crippen molar-refractivity contribution in [2.24, 2.45) is 0 Å². The number of rotatable bonds is 15. The molecule has 10 nitrogen and oxygen atoms in total. The number of aromatic nitrogens is 1. The molecular formula is C35H39Cl2N5O5. The van der Waals surface area contributed by atoms with Crippen LogP contribution in [0.1, 0.15) is 54.6 Å². The molecule has 47 heavy (non-hydrogen) atoms. The van der Waals surface area contributed by atoms with E-state index in [2.05, 4.69) is 26.3 Å². The number of hydrogen-bond acceptors (Lipinski definition) is 5. The molecule has 3 aromatic carbocycles. The van der Waals surface area contributed by atoms with Crippen molar-refractivity contribution in [2.75, 3.05) is 0 Å². The number of fused-ring (bicyclic) bond motifs is 1. The van der Waals surface area contributed by atoms with Gasteiger partial charge in [-0.2, -0.15) is 0 Å². The SMILES string of the molecule is CCCC[C@H](NC(=O)[C@H](Cc1c[nH]c2ccccc12)NC(=O)C(C)NC(=O)c1cccc(Cl)c1Cl)[C@H](O)C(=O)NCc1ccccc1. The fourth-order valence-corrected chi connectivity index (χ4v) is 5.52. The van der Waals surface area contributed by atoms with Crippen molar-refractivity contribution in [3.63, 3.8) is 0 Å². The summed E-state index contributed by atoms with van der Waals surface area (Å²) in [5, 5.41) is 23.1. The van der Waals surface area contributed by atoms with Crippen LogP contribution in [-0.4, -0.2) is 57.9 Å². The summed E-state index contributed by atoms with van der Waals surface area (Å²) in [6.45, 7) is 3.67. The number of carbonyl (C=O) groups excluding carboxylic acids is 4. The minimum absolute atomic E-state index is 0.0559. The Morgan fingerprint density at radius 1 is 0.851 bits per heavy atom. The predicted molar refractivity (Wildman–Crippen MR) is 183 cm³/mol. The topological polar surface area (TPSA) is 152 Å². The van der Waals surface area contributed by atoms with Crippen molar-refractivity contribution in [1.29, 1.82) is 0 Å². The van der Waals surface area contributed by atoms with Crippen molar-refractivity contribution in [1.82, 2.24) is 26.3 Å². The number of aromatic amines is 1. The number of aliphatic hydroxyl groups excluding tert-OH is 1. The monoisotopic (exact) mass is 679 g/mol. The highest BCUT2D eigenvalue weighted by molar-refractivity contribution is 6.43. The molecule has 4 amide bonds. The second kappa shape index (κ2) is 17.0. The molecular weight excluding hydrogens is 641 g/mol. The van der Waals surface area contributed by atoms with Crippen LogP contribution in [0.25, 0.3) is 10.9 Å². The quantitative estimate of drug-likeness (QED) is 0.108. The fourth-order valence-electron chi connectivity index (χ4n) is 5.13. The first-order valence-electron chi connectivity index (χ1n) is 15.5. The number of H-pyrrole nitrogens is 1. The number of amides is 4. The van der Waals surface area contributed by atoms with Crippen LogP contribution in [0.2, 0.25) is 10.0 Å². The molecule has 0 saturated heterocycles. The Kier molecular flexibility index (Phi) is 12.8. The number of aliphatic hydroxyl groups is 1. The minimum Gasteiger partial charge on any atom is -0.381 e. The average molecular weight is 681 g/mol. The van der Waals surface area contributed by atoms with Gasteiger partial charge in [-0.25, -0.2) is 0 Å². The van der Waals surface area contributed by atoms with Crippen molar-refractivity contribution in [3.8, 4) is 0 Å². The zero-order chi connectivity index (χ0) is 33.9. The van der Waals surface area contributed by atoms with E-state index >= 15 is 0 Å². The molecule has 248 valence electrons. The molecule has 1 heterocycles. The third-order valence-corrected chi connectivity index (χ3v) is 8.64. The highest BCUT2D eigenvalue weighted by atomic mass is 35.5. The van der Waals surface area contributed by atoms with Crippen LogP contribution in [0.5, 0.6) is 0 Å². The maximum atomic E-state index is 13.9. The first-order chi connectivity index (χ1) is 22.6. The van der Waals surface area contributed by atoms with E-state index < -0.39 is 47.9 Å². The second-order valence-electron chi connectivity index (χ2n) is 11.3. The van der Waals surface area contributed by atoms with Gasteiger partial charge in [-0.3, -0.25) is 19.2 Å². The van der Waals surface area contributed by atoms with Gasteiger partial charge in [-0.1, -0.05) is 97.6 Å². The zero-order valence-corrected chi connectivity index (χ0v) is 27.7. The van der Waals surface area contributed by atoms with E-state index in [1.807, 2.05) is 61.5 Å². The number of carbonyl (C=O) groups is 4. The molecule has 1 unspecified atom stereocenters. The minimum atomic E-state index is -1.53. The van der Waals surface area contributed by atoms with Crippen molar-refractivity contribution in [2.45, 2.75) is 70.3 Å². The Morgan fingerprint density at radius 3 is 2.32 bits per heavy atom. The maximum absolute atomic E-state index is 13.9. The Balaban J connectivity index is 1.51. The van der Waals surface area contributed by atoms with Gasteiger partial charge in [0.25, 0.3) is 11.8 Å². The Hall–Kier alpha value is -4.38. The van der Waals surface area contributed by atoms with Crippen LogP contribution in [0.15, 0.2) is 79.0 Å². The molecule has 0 fully saturated rings. The van der Waals surface area contributed by atoms with E-state index in [-0.39, 0.29) is 28.6 Å². The van der Waals surface area contributed by atoms with E-state index in [1.165, 1.54) is 13.0 Å². The summed E-state index contributed by atoms with van der Waals surface area (Å²) >= 11 is 12.2. The molecule has 0 spiro atoms. The van der Waals surface area contributed by atoms with Gasteiger partial charge >= 0.3 is 0 Å². The van der Waals surface area contributed by atoms with Gasteiger partial charge in [0.05, 0.1) is 21.7 Å². The lowest BCUT2D eigenvalue weighted by Crippen LogP contribution is -2.57. The molecule has 6 N–H and O–H groups in total. The van der Waals surface area contributed by atoms with Crippen LogP contribution in [0.3, 0.4) is 0 Å². The molecule has 0 aliphatic heterocycles. The maximum Gasteiger partial charge on any atom is 0.253 e. The van der Waals surface area contributed by atoms with Crippen LogP contribution < -0.4 is 21.3 Å². The zero-order valence-electron chi connectivity index (χ0n) is 26.2. The fraction of sp³-hybridized carbons (Fsp3) is 0.314. The Bertz CT molecular complexity index is 1700. The molecule has 4 aromatic rings. The van der Waals surface area contributed by atoms with Gasteiger partial charge in [0.1, 0.15) is 12.1 Å². The molecule has 4 atom stereocenters. The summed E-state index contributed by atoms with van der Waals surface area (Å²) in [6.07, 6.45) is 2.09. The molecule has 1 aromatic heterocycles. The number of para-hydroxylation sites is 1. The van der Waals surface area contributed by atoms with Gasteiger partial charge in [0, 0.05) is 30.1 Å². The summed E-state index contributed by atoms with van der Waals surface area (Å²) in [7, 11) is 0. The number of unbranched alkanes of at least 4 members (excludes halogenated alkanes) is 1. The third kappa shape index (κ3) is 9.57. The smallest absolute Gasteiger partial charge is 0.253 e. The summed E-state index contributed by atoms with van der Waals surface area (Å²) in [4.78, 5) is 56.3. The van der Waals surface area contributed by atoms with Gasteiger partial charge in [0.15, 0.2) is 6.10 Å². The Morgan fingerprint density at radius 2 is 1.57 bits per heavy atom. The molecule has 0 radical (unpaired) electrons. The first-order valence-corrected chi connectivity index (χ1v) is 16.2. The average Bonchev–Trinajstić information content (AvgIpc) is 3.48. The summed E-state index contributed by atoms with van der Waals surface area (Å²) in [6, 6.07) is 18.4. The van der Waals surface area contributed by atoms with Crippen molar-refractivity contribution < 1.29 is 24.3 Å². The lowest BCUT2D eigenvalue weighted by molar-refractivity contribution is -0.134. The van der Waals surface area contributed by atoms with Crippen molar-refractivity contribution >= 4 is 57.7 Å². The van der Waals surface area contributed by atoms with Crippen LogP contribution in [0.4, 0.5) is 0 Å². The standard InChI is InChI=1S/C35H39Cl2N5O5/c1-3-4-16-28(31(43)35(47)39-19-22-11-6-5-7-12-22)41-34(46)29(18-23-20-38-27-17-9-8-13-24(23)27)42-32(44)21(2)40-33(45)25-14-10-15-26(36)30(25)37/h5-15,17,20-21,28-29,31,38,43H,3-4,16,18-19H2,1-2H3,(H,39,47)(H,40,45)(H,41,46)(H,42,44)/t21?,28-,29-,31-/m0/s1. The van der Waals surface area contributed by atoms with Crippen LogP contribution in [0, 0.1) is 0 Å². The summed E-state index contributed by atoms with van der Waals surface area (Å²) in [5.74, 6) is -2.44. The molecule has 12 heteroatoms.